The Hall–Kier alpha value is -3.87. The van der Waals surface area contributed by atoms with E-state index in [0.29, 0.717) is 68.2 Å². The summed E-state index contributed by atoms with van der Waals surface area (Å²) in [6.45, 7) is 4.88. The maximum absolute atomic E-state index is 13.7. The van der Waals surface area contributed by atoms with Gasteiger partial charge in [-0.15, -0.1) is 0 Å². The summed E-state index contributed by atoms with van der Waals surface area (Å²) in [5.41, 5.74) is -1.74. The van der Waals surface area contributed by atoms with Crippen molar-refractivity contribution in [3.05, 3.63) is 64.6 Å². The number of carbonyl (C=O) groups is 2. The van der Waals surface area contributed by atoms with Crippen LogP contribution in [-0.2, 0) is 28.3 Å². The van der Waals surface area contributed by atoms with Gasteiger partial charge < -0.3 is 24.8 Å². The predicted octanol–water partition coefficient (Wildman–Crippen LogP) is 5.37. The van der Waals surface area contributed by atoms with E-state index >= 15 is 0 Å². The summed E-state index contributed by atoms with van der Waals surface area (Å²) < 4.78 is 93.1. The number of aliphatic carboxylic acids is 1. The molecule has 0 saturated carbocycles. The number of hydrogen-bond donors (Lipinski definition) is 2. The number of nitrogens with zero attached hydrogens (tertiary/aromatic N) is 6. The van der Waals surface area contributed by atoms with Crippen LogP contribution in [0.1, 0.15) is 60.8 Å². The van der Waals surface area contributed by atoms with Gasteiger partial charge in [0.1, 0.15) is 0 Å². The molecule has 278 valence electrons. The molecule has 4 heterocycles. The third-order valence-electron chi connectivity index (χ3n) is 8.72. The molecule has 2 aliphatic heterocycles. The van der Waals surface area contributed by atoms with Gasteiger partial charge in [0.05, 0.1) is 66.4 Å². The number of carboxylic acid groups (broad SMARTS) is 1. The van der Waals surface area contributed by atoms with Crippen LogP contribution in [0.4, 0.5) is 48.5 Å². The molecule has 1 amide bonds. The normalized spacial score (nSPS) is 17.9. The zero-order valence-electron chi connectivity index (χ0n) is 28.0. The molecule has 52 heavy (non-hydrogen) atoms. The molecule has 12 nitrogen and oxygen atoms in total. The molecule has 1 fully saturated rings. The molecule has 5 rings (SSSR count). The number of halogens is 6. The monoisotopic (exact) mass is 749 g/mol. The molecule has 2 aromatic heterocycles. The Bertz CT molecular complexity index is 1710. The van der Waals surface area contributed by atoms with Crippen LogP contribution in [0, 0.1) is 0 Å². The maximum atomic E-state index is 13.7. The van der Waals surface area contributed by atoms with E-state index in [1.165, 1.54) is 18.2 Å². The topological polar surface area (TPSA) is 133 Å². The second-order valence-electron chi connectivity index (χ2n) is 12.1. The zero-order valence-corrected chi connectivity index (χ0v) is 28.0. The number of piperazine rings is 1. The van der Waals surface area contributed by atoms with Crippen molar-refractivity contribution in [2.45, 2.75) is 57.5 Å². The standard InChI is InChI=1S/C33H37F6N7O5.Na.H/c1-4-22-16-24(29-25(6-7-27(43-29)50-3)46(22)31(49)51-5-2)42-30-40-17-26(45-10-8-44(9-11-45)18-28(47)48)23(41-30)14-19-12-20(32(34,35)36)15-21(13-19)33(37,38)39;;/h6-7,12-13,15,17,22,24H,4-5,8-11,14,16,18H2,1-3H3,(H,47,48)(H,40,41,42);;/t22-,24+;;/m1../s1. The number of methoxy groups -OCH3 is 1. The van der Waals surface area contributed by atoms with Crippen LogP contribution in [0.25, 0.3) is 0 Å². The summed E-state index contributed by atoms with van der Waals surface area (Å²) in [6.07, 6.45) is -8.71. The molecule has 3 aromatic rings. The van der Waals surface area contributed by atoms with Crippen molar-refractivity contribution in [1.82, 2.24) is 19.9 Å². The van der Waals surface area contributed by atoms with Crippen LogP contribution in [0.2, 0.25) is 0 Å². The number of amides is 1. The molecule has 0 radical (unpaired) electrons. The molecule has 2 atom stereocenters. The van der Waals surface area contributed by atoms with Gasteiger partial charge in [0.15, 0.2) is 0 Å². The first-order valence-electron chi connectivity index (χ1n) is 16.2. The molecule has 2 aliphatic rings. The first-order chi connectivity index (χ1) is 24.1. The number of rotatable bonds is 10. The SMILES string of the molecule is CCOC(=O)N1c2ccc(OC)nc2[C@@H](Nc2ncc(N3CCN(CC(=O)O)CC3)c(Cc3cc(C(F)(F)F)cc(C(F)(F)F)c3)n2)C[C@H]1CC.[NaH]. The first-order valence-corrected chi connectivity index (χ1v) is 16.2. The second kappa shape index (κ2) is 16.9. The number of carboxylic acids is 1. The van der Waals surface area contributed by atoms with E-state index in [9.17, 15) is 41.0 Å². The van der Waals surface area contributed by atoms with Gasteiger partial charge in [0.2, 0.25) is 11.8 Å². The summed E-state index contributed by atoms with van der Waals surface area (Å²) in [6, 6.07) is 3.77. The number of ether oxygens (including phenoxy) is 2. The van der Waals surface area contributed by atoms with Gasteiger partial charge in [-0.05, 0) is 49.6 Å². The van der Waals surface area contributed by atoms with Crippen molar-refractivity contribution in [2.24, 2.45) is 0 Å². The van der Waals surface area contributed by atoms with Crippen LogP contribution in [0.15, 0.2) is 36.5 Å². The van der Waals surface area contributed by atoms with Crippen LogP contribution in [0.3, 0.4) is 0 Å². The molecule has 0 bridgehead atoms. The zero-order chi connectivity index (χ0) is 37.1. The third-order valence-corrected chi connectivity index (χ3v) is 8.72. The van der Waals surface area contributed by atoms with E-state index in [1.807, 2.05) is 11.8 Å². The van der Waals surface area contributed by atoms with Crippen LogP contribution in [-0.4, -0.2) is 119 Å². The van der Waals surface area contributed by atoms with E-state index in [2.05, 4.69) is 20.3 Å². The predicted molar refractivity (Wildman–Crippen MR) is 180 cm³/mol. The average Bonchev–Trinajstić information content (AvgIpc) is 3.07. The van der Waals surface area contributed by atoms with Crippen LogP contribution < -0.4 is 19.9 Å². The Balaban J connectivity index is 0.00000605. The fraction of sp³-hybridized carbons (Fsp3) is 0.485. The van der Waals surface area contributed by atoms with Crippen molar-refractivity contribution in [3.8, 4) is 5.88 Å². The summed E-state index contributed by atoms with van der Waals surface area (Å²) in [4.78, 5) is 43.0. The van der Waals surface area contributed by atoms with Gasteiger partial charge in [0, 0.05) is 44.7 Å². The number of hydrogen-bond acceptors (Lipinski definition) is 10. The van der Waals surface area contributed by atoms with Crippen molar-refractivity contribution in [2.75, 3.05) is 61.6 Å². The summed E-state index contributed by atoms with van der Waals surface area (Å²) >= 11 is 0. The Morgan fingerprint density at radius 3 is 2.17 bits per heavy atom. The van der Waals surface area contributed by atoms with Gasteiger partial charge in [-0.2, -0.15) is 26.3 Å². The molecular weight excluding hydrogens is 711 g/mol. The molecule has 0 unspecified atom stereocenters. The minimum absolute atomic E-state index is 0. The quantitative estimate of drug-likeness (QED) is 0.205. The molecule has 19 heteroatoms. The summed E-state index contributed by atoms with van der Waals surface area (Å²) in [5.74, 6) is -0.704. The number of carbonyl (C=O) groups excluding carboxylic acids is 1. The van der Waals surface area contributed by atoms with Crippen LogP contribution in [0.5, 0.6) is 5.88 Å². The van der Waals surface area contributed by atoms with Gasteiger partial charge in [-0.25, -0.2) is 19.7 Å². The molecule has 0 spiro atoms. The van der Waals surface area contributed by atoms with Crippen molar-refractivity contribution in [1.29, 1.82) is 0 Å². The van der Waals surface area contributed by atoms with Gasteiger partial charge >= 0.3 is 54.0 Å². The van der Waals surface area contributed by atoms with E-state index in [1.54, 1.807) is 24.0 Å². The number of benzene rings is 1. The Morgan fingerprint density at radius 2 is 1.62 bits per heavy atom. The molecule has 2 N–H and O–H groups in total. The van der Waals surface area contributed by atoms with Gasteiger partial charge in [0.25, 0.3) is 0 Å². The Morgan fingerprint density at radius 1 is 0.962 bits per heavy atom. The first kappa shape index (κ1) is 40.9. The fourth-order valence-corrected chi connectivity index (χ4v) is 6.31. The van der Waals surface area contributed by atoms with Crippen molar-refractivity contribution < 1.29 is 50.5 Å². The number of fused-ring (bicyclic) bond motifs is 1. The van der Waals surface area contributed by atoms with E-state index in [4.69, 9.17) is 9.47 Å². The van der Waals surface area contributed by atoms with E-state index < -0.39 is 48.0 Å². The van der Waals surface area contributed by atoms with Crippen molar-refractivity contribution in [3.63, 3.8) is 0 Å². The Labute approximate surface area is 317 Å². The Kier molecular flexibility index (Phi) is 13.3. The minimum atomic E-state index is -5.03. The number of anilines is 3. The van der Waals surface area contributed by atoms with Gasteiger partial charge in [-0.1, -0.05) is 6.92 Å². The van der Waals surface area contributed by atoms with E-state index in [-0.39, 0.29) is 77.9 Å². The summed E-state index contributed by atoms with van der Waals surface area (Å²) in [7, 11) is 1.44. The number of nitrogens with one attached hydrogen (secondary N) is 1. The average molecular weight is 750 g/mol. The molecular formula is C33H38F6N7NaO5. The fourth-order valence-electron chi connectivity index (χ4n) is 6.31. The number of pyridine rings is 1. The summed E-state index contributed by atoms with van der Waals surface area (Å²) in [5, 5.41) is 12.4. The third kappa shape index (κ3) is 9.56. The molecule has 1 aromatic carbocycles. The second-order valence-corrected chi connectivity index (χ2v) is 12.1. The molecule has 1 saturated heterocycles. The van der Waals surface area contributed by atoms with E-state index in [0.717, 1.165) is 0 Å². The number of aromatic nitrogens is 3. The number of alkyl halides is 6. The van der Waals surface area contributed by atoms with Crippen molar-refractivity contribution >= 4 is 58.9 Å². The van der Waals surface area contributed by atoms with Crippen LogP contribution >= 0.6 is 0 Å². The van der Waals surface area contributed by atoms with Gasteiger partial charge in [-0.3, -0.25) is 14.6 Å². The molecule has 0 aliphatic carbocycles.